The molecule has 5 heteroatoms. The first-order valence-electron chi connectivity index (χ1n) is 10.2. The molecule has 0 atom stereocenters. The van der Waals surface area contributed by atoms with Gasteiger partial charge in [-0.2, -0.15) is 0 Å². The van der Waals surface area contributed by atoms with Crippen LogP contribution in [0.3, 0.4) is 0 Å². The zero-order chi connectivity index (χ0) is 18.2. The Morgan fingerprint density at radius 1 is 1.23 bits per heavy atom. The van der Waals surface area contributed by atoms with Crippen molar-refractivity contribution in [2.45, 2.75) is 57.5 Å². The van der Waals surface area contributed by atoms with Crippen LogP contribution in [0.15, 0.2) is 29.3 Å². The van der Waals surface area contributed by atoms with Crippen molar-refractivity contribution in [3.8, 4) is 5.75 Å². The van der Waals surface area contributed by atoms with Gasteiger partial charge in [0.05, 0.1) is 6.61 Å². The molecule has 144 valence electrons. The fourth-order valence-electron chi connectivity index (χ4n) is 3.57. The summed E-state index contributed by atoms with van der Waals surface area (Å²) in [5.41, 5.74) is 1.29. The van der Waals surface area contributed by atoms with E-state index in [1.165, 1.54) is 44.3 Å². The topological polar surface area (TPSA) is 48.9 Å². The number of hydrogen-bond donors (Lipinski definition) is 2. The van der Waals surface area contributed by atoms with Gasteiger partial charge in [0.15, 0.2) is 5.96 Å². The van der Waals surface area contributed by atoms with E-state index in [1.807, 2.05) is 13.1 Å². The molecular formula is C21H34N4O. The van der Waals surface area contributed by atoms with E-state index in [4.69, 9.17) is 4.74 Å². The van der Waals surface area contributed by atoms with Crippen LogP contribution in [0.1, 0.15) is 44.6 Å². The van der Waals surface area contributed by atoms with Crippen molar-refractivity contribution < 1.29 is 4.74 Å². The molecule has 2 N–H and O–H groups in total. The first-order chi connectivity index (χ1) is 12.8. The zero-order valence-electron chi connectivity index (χ0n) is 16.3. The smallest absolute Gasteiger partial charge is 0.191 e. The van der Waals surface area contributed by atoms with Crippen LogP contribution in [0.2, 0.25) is 0 Å². The summed E-state index contributed by atoms with van der Waals surface area (Å²) < 4.78 is 5.71. The molecule has 1 aromatic rings. The summed E-state index contributed by atoms with van der Waals surface area (Å²) in [6, 6.07) is 9.83. The van der Waals surface area contributed by atoms with Crippen LogP contribution in [0, 0.1) is 0 Å². The normalized spacial score (nSPS) is 19.4. The predicted octanol–water partition coefficient (Wildman–Crippen LogP) is 2.81. The Morgan fingerprint density at radius 3 is 2.73 bits per heavy atom. The molecule has 0 spiro atoms. The van der Waals surface area contributed by atoms with E-state index >= 15 is 0 Å². The van der Waals surface area contributed by atoms with Gasteiger partial charge in [0.25, 0.3) is 0 Å². The van der Waals surface area contributed by atoms with Crippen LogP contribution in [0.4, 0.5) is 0 Å². The number of hydrogen-bond acceptors (Lipinski definition) is 3. The summed E-state index contributed by atoms with van der Waals surface area (Å²) in [7, 11) is 1.86. The number of piperidine rings is 1. The van der Waals surface area contributed by atoms with Crippen LogP contribution < -0.4 is 15.4 Å². The molecule has 26 heavy (non-hydrogen) atoms. The predicted molar refractivity (Wildman–Crippen MR) is 108 cm³/mol. The maximum absolute atomic E-state index is 5.71. The van der Waals surface area contributed by atoms with Crippen molar-refractivity contribution in [1.29, 1.82) is 0 Å². The number of nitrogens with zero attached hydrogens (tertiary/aromatic N) is 2. The summed E-state index contributed by atoms with van der Waals surface area (Å²) >= 11 is 0. The van der Waals surface area contributed by atoms with Gasteiger partial charge in [0.1, 0.15) is 5.75 Å². The lowest BCUT2D eigenvalue weighted by atomic mass is 10.1. The van der Waals surface area contributed by atoms with Crippen molar-refractivity contribution in [3.05, 3.63) is 29.8 Å². The average Bonchev–Trinajstić information content (AvgIpc) is 3.52. The Hall–Kier alpha value is -1.75. The third-order valence-electron chi connectivity index (χ3n) is 5.23. The molecule has 1 aliphatic carbocycles. The van der Waals surface area contributed by atoms with E-state index in [0.29, 0.717) is 6.04 Å². The summed E-state index contributed by atoms with van der Waals surface area (Å²) in [5.74, 6) is 1.89. The van der Waals surface area contributed by atoms with Gasteiger partial charge >= 0.3 is 0 Å². The Morgan fingerprint density at radius 2 is 2.04 bits per heavy atom. The van der Waals surface area contributed by atoms with Gasteiger partial charge in [-0.1, -0.05) is 19.1 Å². The SMILES string of the molecule is CCCOc1cccc(CCNC(=NC)NC2CCN(C3CC3)CC2)c1. The second kappa shape index (κ2) is 9.81. The van der Waals surface area contributed by atoms with E-state index in [9.17, 15) is 0 Å². The van der Waals surface area contributed by atoms with E-state index in [-0.39, 0.29) is 0 Å². The highest BCUT2D eigenvalue weighted by molar-refractivity contribution is 5.79. The Kier molecular flexibility index (Phi) is 7.18. The number of aliphatic imine (C=N–C) groups is 1. The van der Waals surface area contributed by atoms with Gasteiger partial charge in [0, 0.05) is 38.8 Å². The number of rotatable bonds is 8. The molecule has 1 saturated carbocycles. The van der Waals surface area contributed by atoms with Crippen molar-refractivity contribution in [2.75, 3.05) is 33.3 Å². The zero-order valence-corrected chi connectivity index (χ0v) is 16.3. The van der Waals surface area contributed by atoms with E-state index in [2.05, 4.69) is 45.6 Å². The van der Waals surface area contributed by atoms with E-state index < -0.39 is 0 Å². The van der Waals surface area contributed by atoms with Crippen molar-refractivity contribution >= 4 is 5.96 Å². The summed E-state index contributed by atoms with van der Waals surface area (Å²) in [6.45, 7) is 6.23. The molecule has 1 heterocycles. The highest BCUT2D eigenvalue weighted by Gasteiger charge is 2.31. The fourth-order valence-corrected chi connectivity index (χ4v) is 3.57. The quantitative estimate of drug-likeness (QED) is 0.554. The third-order valence-corrected chi connectivity index (χ3v) is 5.23. The largest absolute Gasteiger partial charge is 0.494 e. The van der Waals surface area contributed by atoms with Gasteiger partial charge in [-0.05, 0) is 56.2 Å². The van der Waals surface area contributed by atoms with Gasteiger partial charge < -0.3 is 20.3 Å². The second-order valence-corrected chi connectivity index (χ2v) is 7.43. The standard InChI is InChI=1S/C21H34N4O/c1-3-15-26-20-6-4-5-17(16-20)9-12-23-21(22-2)24-18-10-13-25(14-11-18)19-7-8-19/h4-6,16,18-19H,3,7-15H2,1-2H3,(H2,22,23,24). The molecule has 2 fully saturated rings. The molecule has 2 aliphatic rings. The third kappa shape index (κ3) is 5.90. The Labute approximate surface area is 158 Å². The van der Waals surface area contributed by atoms with Gasteiger partial charge in [-0.15, -0.1) is 0 Å². The molecule has 1 aliphatic heterocycles. The van der Waals surface area contributed by atoms with Gasteiger partial charge in [0.2, 0.25) is 0 Å². The molecule has 5 nitrogen and oxygen atoms in total. The van der Waals surface area contributed by atoms with Crippen molar-refractivity contribution in [3.63, 3.8) is 0 Å². The lowest BCUT2D eigenvalue weighted by Crippen LogP contribution is -2.49. The molecule has 0 radical (unpaired) electrons. The Balaban J connectivity index is 1.37. The van der Waals surface area contributed by atoms with E-state index in [1.54, 1.807) is 0 Å². The second-order valence-electron chi connectivity index (χ2n) is 7.43. The number of likely N-dealkylation sites (tertiary alicyclic amines) is 1. The highest BCUT2D eigenvalue weighted by atomic mass is 16.5. The minimum atomic E-state index is 0.543. The number of nitrogens with one attached hydrogen (secondary N) is 2. The minimum absolute atomic E-state index is 0.543. The van der Waals surface area contributed by atoms with Crippen LogP contribution in [0.5, 0.6) is 5.75 Å². The van der Waals surface area contributed by atoms with Crippen molar-refractivity contribution in [2.24, 2.45) is 4.99 Å². The van der Waals surface area contributed by atoms with Crippen molar-refractivity contribution in [1.82, 2.24) is 15.5 Å². The molecule has 1 aromatic carbocycles. The average molecular weight is 359 g/mol. The maximum Gasteiger partial charge on any atom is 0.191 e. The molecule has 1 saturated heterocycles. The van der Waals surface area contributed by atoms with E-state index in [0.717, 1.165) is 43.7 Å². The fraction of sp³-hybridized carbons (Fsp3) is 0.667. The number of guanidine groups is 1. The summed E-state index contributed by atoms with van der Waals surface area (Å²) in [5, 5.41) is 7.06. The van der Waals surface area contributed by atoms with Crippen LogP contribution in [-0.2, 0) is 6.42 Å². The summed E-state index contributed by atoms with van der Waals surface area (Å²) in [4.78, 5) is 7.05. The lowest BCUT2D eigenvalue weighted by molar-refractivity contribution is 0.197. The van der Waals surface area contributed by atoms with Gasteiger partial charge in [-0.25, -0.2) is 0 Å². The molecule has 0 amide bonds. The number of ether oxygens (including phenoxy) is 1. The van der Waals surface area contributed by atoms with Crippen LogP contribution in [0.25, 0.3) is 0 Å². The van der Waals surface area contributed by atoms with Crippen LogP contribution >= 0.6 is 0 Å². The summed E-state index contributed by atoms with van der Waals surface area (Å²) in [6.07, 6.45) is 7.25. The lowest BCUT2D eigenvalue weighted by Gasteiger charge is -2.33. The molecule has 0 unspecified atom stereocenters. The minimum Gasteiger partial charge on any atom is -0.494 e. The molecule has 3 rings (SSSR count). The number of benzene rings is 1. The first kappa shape index (κ1) is 19.0. The Bertz CT molecular complexity index is 577. The molecular weight excluding hydrogens is 324 g/mol. The first-order valence-corrected chi connectivity index (χ1v) is 10.2. The molecule has 0 bridgehead atoms. The van der Waals surface area contributed by atoms with Gasteiger partial charge in [-0.3, -0.25) is 4.99 Å². The highest BCUT2D eigenvalue weighted by Crippen LogP contribution is 2.29. The monoisotopic (exact) mass is 358 g/mol. The maximum atomic E-state index is 5.71. The molecule has 0 aromatic heterocycles. The van der Waals surface area contributed by atoms with Crippen LogP contribution in [-0.4, -0.2) is 56.2 Å².